The normalized spacial score (nSPS) is 29.9. The minimum atomic E-state index is -0.829. The molecular weight excluding hydrogens is 336 g/mol. The molecule has 8 heteroatoms. The van der Waals surface area contributed by atoms with E-state index in [9.17, 15) is 14.7 Å². The first-order valence-corrected chi connectivity index (χ1v) is 9.53. The molecule has 2 aliphatic heterocycles. The molecule has 0 aromatic carbocycles. The van der Waals surface area contributed by atoms with Crippen molar-refractivity contribution in [3.63, 3.8) is 0 Å². The molecule has 4 rings (SSSR count). The quantitative estimate of drug-likeness (QED) is 0.856. The van der Waals surface area contributed by atoms with Gasteiger partial charge in [-0.15, -0.1) is 0 Å². The predicted octanol–water partition coefficient (Wildman–Crippen LogP) is 1.10. The number of nitrogens with zero attached hydrogens (tertiary/aromatic N) is 4. The third-order valence-electron chi connectivity index (χ3n) is 6.57. The monoisotopic (exact) mass is 362 g/mol. The lowest BCUT2D eigenvalue weighted by atomic mass is 9.81. The van der Waals surface area contributed by atoms with Crippen molar-refractivity contribution in [2.24, 2.45) is 11.3 Å². The molecule has 1 amide bonds. The Hall–Kier alpha value is -1.96. The number of aromatic nitrogens is 2. The highest BCUT2D eigenvalue weighted by molar-refractivity contribution is 5.82. The summed E-state index contributed by atoms with van der Waals surface area (Å²) >= 11 is 0. The first-order chi connectivity index (χ1) is 12.5. The van der Waals surface area contributed by atoms with Gasteiger partial charge in [-0.1, -0.05) is 29.6 Å². The van der Waals surface area contributed by atoms with E-state index in [4.69, 9.17) is 0 Å². The molecule has 0 radical (unpaired) electrons. The Morgan fingerprint density at radius 1 is 1.19 bits per heavy atom. The Morgan fingerprint density at radius 3 is 2.58 bits per heavy atom. The van der Waals surface area contributed by atoms with Crippen LogP contribution in [0.25, 0.3) is 0 Å². The van der Waals surface area contributed by atoms with Crippen molar-refractivity contribution in [3.05, 3.63) is 11.4 Å². The van der Waals surface area contributed by atoms with Gasteiger partial charge < -0.3 is 10.0 Å². The highest BCUT2D eigenvalue weighted by Gasteiger charge is 2.59. The molecule has 26 heavy (non-hydrogen) atoms. The summed E-state index contributed by atoms with van der Waals surface area (Å²) in [4.78, 5) is 28.9. The van der Waals surface area contributed by atoms with Crippen molar-refractivity contribution in [3.8, 4) is 0 Å². The van der Waals surface area contributed by atoms with Crippen LogP contribution in [0.5, 0.6) is 0 Å². The van der Waals surface area contributed by atoms with Gasteiger partial charge in [0.2, 0.25) is 5.91 Å². The molecule has 1 aromatic heterocycles. The van der Waals surface area contributed by atoms with E-state index in [-0.39, 0.29) is 18.2 Å². The van der Waals surface area contributed by atoms with Crippen LogP contribution in [0.4, 0.5) is 0 Å². The van der Waals surface area contributed by atoms with Gasteiger partial charge in [0, 0.05) is 38.1 Å². The minimum Gasteiger partial charge on any atom is -0.481 e. The van der Waals surface area contributed by atoms with Crippen LogP contribution in [0.15, 0.2) is 4.63 Å². The van der Waals surface area contributed by atoms with Crippen LogP contribution in [0.1, 0.15) is 43.5 Å². The van der Waals surface area contributed by atoms with Crippen molar-refractivity contribution in [2.45, 2.75) is 51.5 Å². The topological polar surface area (TPSA) is 99.8 Å². The van der Waals surface area contributed by atoms with Crippen LogP contribution in [-0.4, -0.2) is 69.3 Å². The van der Waals surface area contributed by atoms with Crippen LogP contribution in [0.3, 0.4) is 0 Å². The number of rotatable bonds is 4. The van der Waals surface area contributed by atoms with Crippen molar-refractivity contribution in [1.82, 2.24) is 20.1 Å². The Bertz CT molecular complexity index is 699. The van der Waals surface area contributed by atoms with E-state index < -0.39 is 11.4 Å². The second-order valence-corrected chi connectivity index (χ2v) is 8.13. The lowest BCUT2D eigenvalue weighted by Crippen LogP contribution is -2.44. The summed E-state index contributed by atoms with van der Waals surface area (Å²) in [6.45, 7) is 3.90. The van der Waals surface area contributed by atoms with Gasteiger partial charge in [-0.25, -0.2) is 4.63 Å². The predicted molar refractivity (Wildman–Crippen MR) is 91.3 cm³/mol. The molecule has 3 heterocycles. The second kappa shape index (κ2) is 6.64. The molecule has 2 atom stereocenters. The van der Waals surface area contributed by atoms with Gasteiger partial charge >= 0.3 is 5.97 Å². The summed E-state index contributed by atoms with van der Waals surface area (Å²) in [6, 6.07) is 0.513. The number of carboxylic acid groups (broad SMARTS) is 1. The summed E-state index contributed by atoms with van der Waals surface area (Å²) in [7, 11) is 0. The van der Waals surface area contributed by atoms with E-state index in [1.165, 1.54) is 32.1 Å². The summed E-state index contributed by atoms with van der Waals surface area (Å²) in [5, 5.41) is 17.5. The average molecular weight is 362 g/mol. The minimum absolute atomic E-state index is 0.00223. The van der Waals surface area contributed by atoms with E-state index in [2.05, 4.69) is 19.8 Å². The van der Waals surface area contributed by atoms with E-state index >= 15 is 0 Å². The molecule has 3 aliphatic rings. The molecule has 1 aromatic rings. The molecule has 1 saturated carbocycles. The Labute approximate surface area is 152 Å². The van der Waals surface area contributed by atoms with Gasteiger partial charge in [0.05, 0.1) is 6.42 Å². The zero-order chi connectivity index (χ0) is 18.3. The number of hydrogen-bond donors (Lipinski definition) is 1. The molecule has 0 unspecified atom stereocenters. The van der Waals surface area contributed by atoms with Crippen LogP contribution in [0.2, 0.25) is 0 Å². The Morgan fingerprint density at radius 2 is 1.96 bits per heavy atom. The summed E-state index contributed by atoms with van der Waals surface area (Å²) in [5.74, 6) is -0.860. The maximum Gasteiger partial charge on any atom is 0.313 e. The van der Waals surface area contributed by atoms with Gasteiger partial charge in [-0.05, 0) is 19.8 Å². The van der Waals surface area contributed by atoms with Gasteiger partial charge in [0.25, 0.3) is 0 Å². The highest BCUT2D eigenvalue weighted by atomic mass is 16.6. The van der Waals surface area contributed by atoms with Gasteiger partial charge in [0.1, 0.15) is 16.8 Å². The standard InChI is InChI=1S/C18H26N4O4/c1-12-15(20-26-19-12)7-16(23)22-9-13-8-21(14-5-3-2-4-6-14)10-18(13,11-22)17(24)25/h13-14H,2-11H2,1H3,(H,24,25)/t13-,18-/m1/s1. The van der Waals surface area contributed by atoms with Crippen LogP contribution >= 0.6 is 0 Å². The van der Waals surface area contributed by atoms with Crippen molar-refractivity contribution in [1.29, 1.82) is 0 Å². The third kappa shape index (κ3) is 2.90. The number of likely N-dealkylation sites (tertiary alicyclic amines) is 2. The number of aliphatic carboxylic acids is 1. The second-order valence-electron chi connectivity index (χ2n) is 8.13. The molecule has 1 aliphatic carbocycles. The SMILES string of the molecule is Cc1nonc1CC(=O)N1C[C@H]2CN(C3CCCCC3)C[C@@]2(C(=O)O)C1. The number of amides is 1. The summed E-state index contributed by atoms with van der Waals surface area (Å²) in [5.41, 5.74) is 0.305. The smallest absolute Gasteiger partial charge is 0.313 e. The first-order valence-electron chi connectivity index (χ1n) is 9.53. The number of carboxylic acids is 1. The Kier molecular flexibility index (Phi) is 4.46. The lowest BCUT2D eigenvalue weighted by Gasteiger charge is -2.33. The van der Waals surface area contributed by atoms with Gasteiger partial charge in [-0.3, -0.25) is 14.5 Å². The van der Waals surface area contributed by atoms with E-state index in [0.717, 1.165) is 6.54 Å². The third-order valence-corrected chi connectivity index (χ3v) is 6.57. The van der Waals surface area contributed by atoms with Gasteiger partial charge in [-0.2, -0.15) is 0 Å². The molecule has 8 nitrogen and oxygen atoms in total. The molecular formula is C18H26N4O4. The fraction of sp³-hybridized carbons (Fsp3) is 0.778. The fourth-order valence-corrected chi connectivity index (χ4v) is 4.99. The number of fused-ring (bicyclic) bond motifs is 1. The first kappa shape index (κ1) is 17.5. The Balaban J connectivity index is 1.45. The lowest BCUT2D eigenvalue weighted by molar-refractivity contribution is -0.149. The van der Waals surface area contributed by atoms with Crippen molar-refractivity contribution >= 4 is 11.9 Å². The van der Waals surface area contributed by atoms with E-state index in [0.29, 0.717) is 37.1 Å². The van der Waals surface area contributed by atoms with Crippen LogP contribution in [0, 0.1) is 18.3 Å². The van der Waals surface area contributed by atoms with Crippen molar-refractivity contribution in [2.75, 3.05) is 26.2 Å². The molecule has 2 saturated heterocycles. The largest absolute Gasteiger partial charge is 0.481 e. The molecule has 3 fully saturated rings. The molecule has 1 N–H and O–H groups in total. The van der Waals surface area contributed by atoms with E-state index in [1.54, 1.807) is 11.8 Å². The zero-order valence-electron chi connectivity index (χ0n) is 15.2. The zero-order valence-corrected chi connectivity index (χ0v) is 15.2. The van der Waals surface area contributed by atoms with Crippen LogP contribution < -0.4 is 0 Å². The van der Waals surface area contributed by atoms with Crippen LogP contribution in [-0.2, 0) is 16.0 Å². The maximum absolute atomic E-state index is 12.7. The van der Waals surface area contributed by atoms with Crippen molar-refractivity contribution < 1.29 is 19.3 Å². The molecule has 0 bridgehead atoms. The number of aryl methyl sites for hydroxylation is 1. The average Bonchev–Trinajstić information content (AvgIpc) is 3.29. The van der Waals surface area contributed by atoms with E-state index in [1.807, 2.05) is 0 Å². The number of carbonyl (C=O) groups is 2. The maximum atomic E-state index is 12.7. The summed E-state index contributed by atoms with van der Waals surface area (Å²) < 4.78 is 4.65. The molecule has 142 valence electrons. The van der Waals surface area contributed by atoms with Gasteiger partial charge in [0.15, 0.2) is 0 Å². The highest BCUT2D eigenvalue weighted by Crippen LogP contribution is 2.45. The number of hydrogen-bond acceptors (Lipinski definition) is 6. The summed E-state index contributed by atoms with van der Waals surface area (Å²) in [6.07, 6.45) is 6.22. The fourth-order valence-electron chi connectivity index (χ4n) is 4.99. The number of carbonyl (C=O) groups excluding carboxylic acids is 1. The molecule has 0 spiro atoms.